The van der Waals surface area contributed by atoms with Crippen molar-refractivity contribution >= 4 is 28.4 Å². The van der Waals surface area contributed by atoms with Crippen LogP contribution in [0.5, 0.6) is 0 Å². The molecule has 1 aromatic carbocycles. The van der Waals surface area contributed by atoms with Gasteiger partial charge in [0, 0.05) is 30.3 Å². The number of aryl methyl sites for hydroxylation is 1. The lowest BCUT2D eigenvalue weighted by atomic mass is 10.2. The van der Waals surface area contributed by atoms with Crippen LogP contribution >= 0.6 is 11.8 Å². The zero-order valence-electron chi connectivity index (χ0n) is 10.3. The van der Waals surface area contributed by atoms with Crippen molar-refractivity contribution in [1.29, 1.82) is 0 Å². The normalized spacial score (nSPS) is 16.2. The van der Waals surface area contributed by atoms with Crippen molar-refractivity contribution in [3.8, 4) is 0 Å². The SMILES string of the molecule is Cc1nc2ccc(N3CCSCC3)cc2c(=O)[nH]1. The number of nitrogens with zero attached hydrogens (tertiary/aromatic N) is 2. The minimum atomic E-state index is -0.0502. The zero-order valence-corrected chi connectivity index (χ0v) is 11.1. The molecule has 0 saturated carbocycles. The maximum absolute atomic E-state index is 11.9. The molecule has 1 aliphatic rings. The number of thioether (sulfide) groups is 1. The molecule has 1 saturated heterocycles. The third kappa shape index (κ3) is 2.10. The minimum absolute atomic E-state index is 0.0502. The predicted molar refractivity (Wildman–Crippen MR) is 76.6 cm³/mol. The third-order valence-corrected chi connectivity index (χ3v) is 4.13. The molecule has 0 atom stereocenters. The van der Waals surface area contributed by atoms with Gasteiger partial charge in [0.15, 0.2) is 0 Å². The first-order valence-electron chi connectivity index (χ1n) is 6.07. The van der Waals surface area contributed by atoms with Gasteiger partial charge in [-0.25, -0.2) is 4.98 Å². The van der Waals surface area contributed by atoms with Gasteiger partial charge in [-0.15, -0.1) is 0 Å². The van der Waals surface area contributed by atoms with Crippen LogP contribution in [0, 0.1) is 6.92 Å². The summed E-state index contributed by atoms with van der Waals surface area (Å²) in [6, 6.07) is 5.95. The van der Waals surface area contributed by atoms with Crippen LogP contribution in [0.1, 0.15) is 5.82 Å². The standard InChI is InChI=1S/C13H15N3OS/c1-9-14-12-3-2-10(8-11(12)13(17)15-9)16-4-6-18-7-5-16/h2-3,8H,4-7H2,1H3,(H,14,15,17). The van der Waals surface area contributed by atoms with Gasteiger partial charge in [-0.05, 0) is 25.1 Å². The molecule has 1 aliphatic heterocycles. The Balaban J connectivity index is 2.07. The molecule has 0 aliphatic carbocycles. The molecule has 2 heterocycles. The fourth-order valence-corrected chi connectivity index (χ4v) is 3.17. The average molecular weight is 261 g/mol. The molecule has 3 rings (SSSR count). The number of H-pyrrole nitrogens is 1. The van der Waals surface area contributed by atoms with Gasteiger partial charge in [0.05, 0.1) is 10.9 Å². The van der Waals surface area contributed by atoms with Gasteiger partial charge >= 0.3 is 0 Å². The van der Waals surface area contributed by atoms with Crippen molar-refractivity contribution < 1.29 is 0 Å². The quantitative estimate of drug-likeness (QED) is 0.850. The Morgan fingerprint density at radius 3 is 2.89 bits per heavy atom. The number of aromatic nitrogens is 2. The maximum Gasteiger partial charge on any atom is 0.258 e. The van der Waals surface area contributed by atoms with Gasteiger partial charge < -0.3 is 9.88 Å². The number of hydrogen-bond acceptors (Lipinski definition) is 4. The fraction of sp³-hybridized carbons (Fsp3) is 0.385. The summed E-state index contributed by atoms with van der Waals surface area (Å²) in [5, 5.41) is 0.677. The second kappa shape index (κ2) is 4.65. The van der Waals surface area contributed by atoms with Gasteiger partial charge in [-0.2, -0.15) is 11.8 Å². The van der Waals surface area contributed by atoms with Crippen LogP contribution in [0.2, 0.25) is 0 Å². The second-order valence-electron chi connectivity index (χ2n) is 4.45. The molecule has 5 heteroatoms. The summed E-state index contributed by atoms with van der Waals surface area (Å²) in [4.78, 5) is 21.3. The molecular formula is C13H15N3OS. The summed E-state index contributed by atoms with van der Waals surface area (Å²) in [5.74, 6) is 2.97. The highest BCUT2D eigenvalue weighted by molar-refractivity contribution is 7.99. The number of hydrogen-bond donors (Lipinski definition) is 1. The summed E-state index contributed by atoms with van der Waals surface area (Å²) in [5.41, 5.74) is 1.84. The van der Waals surface area contributed by atoms with Crippen molar-refractivity contribution in [3.63, 3.8) is 0 Å². The summed E-state index contributed by atoms with van der Waals surface area (Å²) < 4.78 is 0. The van der Waals surface area contributed by atoms with Crippen molar-refractivity contribution in [2.45, 2.75) is 6.92 Å². The third-order valence-electron chi connectivity index (χ3n) is 3.18. The topological polar surface area (TPSA) is 49.0 Å². The molecule has 1 N–H and O–H groups in total. The van der Waals surface area contributed by atoms with E-state index in [4.69, 9.17) is 0 Å². The number of anilines is 1. The Kier molecular flexibility index (Phi) is 2.99. The molecule has 2 aromatic rings. The summed E-state index contributed by atoms with van der Waals surface area (Å²) in [7, 11) is 0. The molecule has 18 heavy (non-hydrogen) atoms. The summed E-state index contributed by atoms with van der Waals surface area (Å²) in [6.45, 7) is 3.90. The molecule has 1 aromatic heterocycles. The van der Waals surface area contributed by atoms with Crippen LogP contribution in [0.15, 0.2) is 23.0 Å². The number of fused-ring (bicyclic) bond motifs is 1. The van der Waals surface area contributed by atoms with E-state index >= 15 is 0 Å². The van der Waals surface area contributed by atoms with Crippen molar-refractivity contribution in [2.75, 3.05) is 29.5 Å². The number of benzene rings is 1. The largest absolute Gasteiger partial charge is 0.370 e. The number of aromatic amines is 1. The van der Waals surface area contributed by atoms with E-state index in [1.807, 2.05) is 23.9 Å². The van der Waals surface area contributed by atoms with E-state index in [2.05, 4.69) is 20.9 Å². The predicted octanol–water partition coefficient (Wildman–Crippen LogP) is 1.78. The average Bonchev–Trinajstić information content (AvgIpc) is 2.39. The van der Waals surface area contributed by atoms with E-state index in [1.165, 1.54) is 0 Å². The summed E-state index contributed by atoms with van der Waals surface area (Å²) in [6.07, 6.45) is 0. The van der Waals surface area contributed by atoms with Crippen LogP contribution in [-0.4, -0.2) is 34.6 Å². The van der Waals surface area contributed by atoms with E-state index in [-0.39, 0.29) is 5.56 Å². The van der Waals surface area contributed by atoms with Crippen LogP contribution in [0.3, 0.4) is 0 Å². The lowest BCUT2D eigenvalue weighted by molar-refractivity contribution is 0.859. The Morgan fingerprint density at radius 1 is 1.33 bits per heavy atom. The van der Waals surface area contributed by atoms with E-state index in [9.17, 15) is 4.79 Å². The molecule has 1 fully saturated rings. The molecule has 0 unspecified atom stereocenters. The monoisotopic (exact) mass is 261 g/mol. The molecule has 0 radical (unpaired) electrons. The molecule has 4 nitrogen and oxygen atoms in total. The van der Waals surface area contributed by atoms with Gasteiger partial charge in [-0.3, -0.25) is 4.79 Å². The van der Waals surface area contributed by atoms with E-state index in [1.54, 1.807) is 6.92 Å². The molecular weight excluding hydrogens is 246 g/mol. The zero-order chi connectivity index (χ0) is 12.5. The van der Waals surface area contributed by atoms with Gasteiger partial charge in [-0.1, -0.05) is 0 Å². The lowest BCUT2D eigenvalue weighted by Gasteiger charge is -2.28. The van der Waals surface area contributed by atoms with Crippen molar-refractivity contribution in [3.05, 3.63) is 34.4 Å². The highest BCUT2D eigenvalue weighted by Gasteiger charge is 2.12. The minimum Gasteiger partial charge on any atom is -0.370 e. The van der Waals surface area contributed by atoms with Gasteiger partial charge in [0.25, 0.3) is 5.56 Å². The van der Waals surface area contributed by atoms with Gasteiger partial charge in [0.2, 0.25) is 0 Å². The van der Waals surface area contributed by atoms with Crippen molar-refractivity contribution in [2.24, 2.45) is 0 Å². The van der Waals surface area contributed by atoms with Crippen LogP contribution in [0.25, 0.3) is 10.9 Å². The first-order valence-corrected chi connectivity index (χ1v) is 7.23. The molecule has 94 valence electrons. The first-order chi connectivity index (χ1) is 8.74. The van der Waals surface area contributed by atoms with E-state index in [0.29, 0.717) is 11.2 Å². The highest BCUT2D eigenvalue weighted by Crippen LogP contribution is 2.22. The molecule has 0 amide bonds. The summed E-state index contributed by atoms with van der Waals surface area (Å²) >= 11 is 1.98. The Bertz CT molecular complexity index is 632. The Labute approximate surface area is 109 Å². The van der Waals surface area contributed by atoms with Crippen LogP contribution < -0.4 is 10.5 Å². The molecule has 0 bridgehead atoms. The van der Waals surface area contributed by atoms with Gasteiger partial charge in [0.1, 0.15) is 5.82 Å². The number of nitrogens with one attached hydrogen (secondary N) is 1. The second-order valence-corrected chi connectivity index (χ2v) is 5.68. The van der Waals surface area contributed by atoms with E-state index in [0.717, 1.165) is 35.8 Å². The van der Waals surface area contributed by atoms with Crippen molar-refractivity contribution in [1.82, 2.24) is 9.97 Å². The Hall–Kier alpha value is -1.49. The molecule has 0 spiro atoms. The smallest absolute Gasteiger partial charge is 0.258 e. The van der Waals surface area contributed by atoms with Crippen LogP contribution in [0.4, 0.5) is 5.69 Å². The lowest BCUT2D eigenvalue weighted by Crippen LogP contribution is -2.32. The fourth-order valence-electron chi connectivity index (χ4n) is 2.26. The highest BCUT2D eigenvalue weighted by atomic mass is 32.2. The Morgan fingerprint density at radius 2 is 2.11 bits per heavy atom. The number of rotatable bonds is 1. The van der Waals surface area contributed by atoms with E-state index < -0.39 is 0 Å². The first kappa shape index (κ1) is 11.6. The maximum atomic E-state index is 11.9. The van der Waals surface area contributed by atoms with Crippen LogP contribution in [-0.2, 0) is 0 Å².